The molecule has 2 N–H and O–H groups in total. The van der Waals surface area contributed by atoms with Gasteiger partial charge in [-0.15, -0.1) is 0 Å². The van der Waals surface area contributed by atoms with Crippen molar-refractivity contribution in [2.45, 2.75) is 32.4 Å². The molecule has 0 spiro atoms. The molecule has 1 amide bonds. The van der Waals surface area contributed by atoms with E-state index < -0.39 is 9.84 Å². The molecular weight excluding hydrogens is 282 g/mol. The topological polar surface area (TPSA) is 101 Å². The van der Waals surface area contributed by atoms with Gasteiger partial charge in [-0.2, -0.15) is 0 Å². The van der Waals surface area contributed by atoms with E-state index >= 15 is 0 Å². The number of hydrogen-bond acceptors (Lipinski definition) is 6. The highest BCUT2D eigenvalue weighted by Gasteiger charge is 2.25. The molecule has 0 saturated carbocycles. The van der Waals surface area contributed by atoms with Crippen molar-refractivity contribution in [2.75, 3.05) is 18.1 Å². The highest BCUT2D eigenvalue weighted by Crippen LogP contribution is 2.06. The van der Waals surface area contributed by atoms with Crippen LogP contribution in [0.5, 0.6) is 0 Å². The van der Waals surface area contributed by atoms with Crippen molar-refractivity contribution in [1.29, 1.82) is 0 Å². The summed E-state index contributed by atoms with van der Waals surface area (Å²) in [5, 5.41) is 5.72. The van der Waals surface area contributed by atoms with Crippen LogP contribution in [-0.4, -0.2) is 43.4 Å². The van der Waals surface area contributed by atoms with Gasteiger partial charge in [0.05, 0.1) is 24.2 Å². The van der Waals surface area contributed by atoms with Crippen LogP contribution in [0.3, 0.4) is 0 Å². The van der Waals surface area contributed by atoms with Crippen molar-refractivity contribution < 1.29 is 17.6 Å². The molecule has 1 unspecified atom stereocenters. The van der Waals surface area contributed by atoms with Gasteiger partial charge in [0.15, 0.2) is 9.84 Å². The number of carbonyl (C=O) groups excluding carboxylic acids is 1. The Morgan fingerprint density at radius 3 is 3.05 bits per heavy atom. The molecule has 1 fully saturated rings. The summed E-state index contributed by atoms with van der Waals surface area (Å²) >= 11 is 0. The Labute approximate surface area is 118 Å². The number of sulfone groups is 1. The summed E-state index contributed by atoms with van der Waals surface area (Å²) in [7, 11) is -3.02. The number of rotatable bonds is 5. The molecule has 1 aromatic rings. The third-order valence-electron chi connectivity index (χ3n) is 3.12. The first-order chi connectivity index (χ1) is 9.48. The second kappa shape index (κ2) is 6.36. The van der Waals surface area contributed by atoms with E-state index in [9.17, 15) is 13.2 Å². The fraction of sp³-hybridized carbons (Fsp3) is 0.667. The molecule has 2 heterocycles. The molecule has 1 aliphatic heterocycles. The van der Waals surface area contributed by atoms with Gasteiger partial charge in [-0.25, -0.2) is 13.4 Å². The molecule has 8 heteroatoms. The molecule has 1 atom stereocenters. The predicted molar refractivity (Wildman–Crippen MR) is 72.8 cm³/mol. The monoisotopic (exact) mass is 301 g/mol. The Morgan fingerprint density at radius 1 is 1.60 bits per heavy atom. The SMILES string of the molecule is CCc1cnc(CNC(=O)CC2CS(=O)(=O)CCN2)o1. The highest BCUT2D eigenvalue weighted by atomic mass is 32.2. The lowest BCUT2D eigenvalue weighted by atomic mass is 10.2. The number of hydrogen-bond donors (Lipinski definition) is 2. The minimum absolute atomic E-state index is 0.0133. The zero-order valence-corrected chi connectivity index (χ0v) is 12.2. The number of carbonyl (C=O) groups is 1. The summed E-state index contributed by atoms with van der Waals surface area (Å²) in [4.78, 5) is 15.8. The summed E-state index contributed by atoms with van der Waals surface area (Å²) in [5.41, 5.74) is 0. The molecule has 0 bridgehead atoms. The van der Waals surface area contributed by atoms with Crippen LogP contribution in [0, 0.1) is 0 Å². The molecule has 7 nitrogen and oxygen atoms in total. The van der Waals surface area contributed by atoms with E-state index in [1.807, 2.05) is 6.92 Å². The lowest BCUT2D eigenvalue weighted by molar-refractivity contribution is -0.121. The first-order valence-corrected chi connectivity index (χ1v) is 8.44. The van der Waals surface area contributed by atoms with Crippen LogP contribution in [0.1, 0.15) is 25.0 Å². The smallest absolute Gasteiger partial charge is 0.222 e. The molecule has 1 saturated heterocycles. The quantitative estimate of drug-likeness (QED) is 0.769. The van der Waals surface area contributed by atoms with Gasteiger partial charge in [0.2, 0.25) is 11.8 Å². The van der Waals surface area contributed by atoms with E-state index in [4.69, 9.17) is 4.42 Å². The lowest BCUT2D eigenvalue weighted by Gasteiger charge is -2.22. The minimum atomic E-state index is -3.02. The molecule has 1 aromatic heterocycles. The summed E-state index contributed by atoms with van der Waals surface area (Å²) in [6.45, 7) is 2.58. The van der Waals surface area contributed by atoms with Crippen LogP contribution in [0.4, 0.5) is 0 Å². The highest BCUT2D eigenvalue weighted by molar-refractivity contribution is 7.91. The van der Waals surface area contributed by atoms with Gasteiger partial charge < -0.3 is 15.1 Å². The van der Waals surface area contributed by atoms with Gasteiger partial charge in [-0.05, 0) is 0 Å². The van der Waals surface area contributed by atoms with E-state index in [-0.39, 0.29) is 36.4 Å². The zero-order valence-electron chi connectivity index (χ0n) is 11.4. The third-order valence-corrected chi connectivity index (χ3v) is 4.86. The van der Waals surface area contributed by atoms with Crippen LogP contribution in [0.2, 0.25) is 0 Å². The predicted octanol–water partition coefficient (Wildman–Crippen LogP) is -0.370. The van der Waals surface area contributed by atoms with Gasteiger partial charge in [0.1, 0.15) is 5.76 Å². The Kier molecular flexibility index (Phi) is 4.77. The van der Waals surface area contributed by atoms with Crippen molar-refractivity contribution in [3.8, 4) is 0 Å². The first kappa shape index (κ1) is 15.0. The second-order valence-corrected chi connectivity index (χ2v) is 7.05. The molecule has 20 heavy (non-hydrogen) atoms. The zero-order chi connectivity index (χ0) is 14.6. The maximum Gasteiger partial charge on any atom is 0.222 e. The van der Waals surface area contributed by atoms with Gasteiger partial charge >= 0.3 is 0 Å². The Bertz CT molecular complexity index is 567. The van der Waals surface area contributed by atoms with E-state index in [0.717, 1.165) is 12.2 Å². The number of oxazole rings is 1. The largest absolute Gasteiger partial charge is 0.444 e. The summed E-state index contributed by atoms with van der Waals surface area (Å²) in [5.74, 6) is 1.17. The van der Waals surface area contributed by atoms with Crippen molar-refractivity contribution in [2.24, 2.45) is 0 Å². The van der Waals surface area contributed by atoms with Crippen molar-refractivity contribution in [3.63, 3.8) is 0 Å². The Balaban J connectivity index is 1.77. The van der Waals surface area contributed by atoms with E-state index in [1.54, 1.807) is 6.20 Å². The molecule has 112 valence electrons. The molecule has 1 aliphatic rings. The van der Waals surface area contributed by atoms with Crippen LogP contribution in [0.25, 0.3) is 0 Å². The van der Waals surface area contributed by atoms with Gasteiger partial charge in [0.25, 0.3) is 0 Å². The van der Waals surface area contributed by atoms with Gasteiger partial charge in [-0.1, -0.05) is 6.92 Å². The maximum absolute atomic E-state index is 11.8. The van der Waals surface area contributed by atoms with Gasteiger partial charge in [-0.3, -0.25) is 4.79 Å². The Hall–Kier alpha value is -1.41. The summed E-state index contributed by atoms with van der Waals surface area (Å²) in [6.07, 6.45) is 2.53. The third kappa shape index (κ3) is 4.31. The molecular formula is C12H19N3O4S. The normalized spacial score (nSPS) is 21.6. The van der Waals surface area contributed by atoms with E-state index in [1.165, 1.54) is 0 Å². The summed E-state index contributed by atoms with van der Waals surface area (Å²) in [6, 6.07) is -0.315. The molecule has 0 aromatic carbocycles. The first-order valence-electron chi connectivity index (χ1n) is 6.62. The number of nitrogens with one attached hydrogen (secondary N) is 2. The minimum Gasteiger partial charge on any atom is -0.444 e. The second-order valence-electron chi connectivity index (χ2n) is 4.82. The number of aromatic nitrogens is 1. The van der Waals surface area contributed by atoms with Gasteiger partial charge in [0, 0.05) is 25.4 Å². The van der Waals surface area contributed by atoms with Crippen LogP contribution >= 0.6 is 0 Å². The van der Waals surface area contributed by atoms with Crippen LogP contribution < -0.4 is 10.6 Å². The van der Waals surface area contributed by atoms with Crippen molar-refractivity contribution in [1.82, 2.24) is 15.6 Å². The fourth-order valence-electron chi connectivity index (χ4n) is 2.06. The van der Waals surface area contributed by atoms with Crippen LogP contribution in [-0.2, 0) is 27.6 Å². The molecule has 2 rings (SSSR count). The molecule has 0 aliphatic carbocycles. The molecule has 0 radical (unpaired) electrons. The standard InChI is InChI=1S/C12H19N3O4S/c1-2-10-6-15-12(19-10)7-14-11(16)5-9-8-20(17,18)4-3-13-9/h6,9,13H,2-5,7-8H2,1H3,(H,14,16). The fourth-order valence-corrected chi connectivity index (χ4v) is 3.51. The van der Waals surface area contributed by atoms with Crippen molar-refractivity contribution in [3.05, 3.63) is 17.8 Å². The Morgan fingerprint density at radius 2 is 2.40 bits per heavy atom. The maximum atomic E-state index is 11.8. The van der Waals surface area contributed by atoms with Crippen molar-refractivity contribution >= 4 is 15.7 Å². The lowest BCUT2D eigenvalue weighted by Crippen LogP contribution is -2.47. The van der Waals surface area contributed by atoms with Crippen LogP contribution in [0.15, 0.2) is 10.6 Å². The average molecular weight is 301 g/mol. The number of nitrogens with zero attached hydrogens (tertiary/aromatic N) is 1. The average Bonchev–Trinajstić information content (AvgIpc) is 2.83. The van der Waals surface area contributed by atoms with E-state index in [2.05, 4.69) is 15.6 Å². The number of aryl methyl sites for hydroxylation is 1. The number of amides is 1. The summed E-state index contributed by atoms with van der Waals surface area (Å²) < 4.78 is 28.3. The van der Waals surface area contributed by atoms with E-state index in [0.29, 0.717) is 12.4 Å².